The molecule has 0 aliphatic carbocycles. The topological polar surface area (TPSA) is 71.3 Å². The zero-order chi connectivity index (χ0) is 13.7. The number of nitrogens with one attached hydrogen (secondary N) is 1. The quantitative estimate of drug-likeness (QED) is 0.829. The monoisotopic (exact) mass is 254 g/mol. The van der Waals surface area contributed by atoms with Crippen LogP contribution in [-0.2, 0) is 4.79 Å². The van der Waals surface area contributed by atoms with Crippen LogP contribution in [-0.4, -0.2) is 41.1 Å². The Kier molecular flexibility index (Phi) is 5.27. The fourth-order valence-electron chi connectivity index (χ4n) is 1.46. The molecule has 0 saturated heterocycles. The highest BCUT2D eigenvalue weighted by molar-refractivity contribution is 5.77. The van der Waals surface area contributed by atoms with Crippen LogP contribution in [0.1, 0.15) is 51.4 Å². The summed E-state index contributed by atoms with van der Waals surface area (Å²) in [6, 6.07) is -0.0763. The maximum atomic E-state index is 11.5. The normalized spacial score (nSPS) is 13.1. The molecule has 6 heteroatoms. The van der Waals surface area contributed by atoms with Crippen LogP contribution < -0.4 is 5.32 Å². The molecule has 1 amide bonds. The molecule has 0 radical (unpaired) electrons. The summed E-state index contributed by atoms with van der Waals surface area (Å²) in [7, 11) is 1.86. The van der Waals surface area contributed by atoms with E-state index in [4.69, 9.17) is 4.52 Å². The van der Waals surface area contributed by atoms with E-state index in [1.807, 2.05) is 39.6 Å². The van der Waals surface area contributed by atoms with Crippen molar-refractivity contribution in [2.75, 3.05) is 20.1 Å². The molecule has 1 rings (SSSR count). The van der Waals surface area contributed by atoms with E-state index in [0.717, 1.165) is 0 Å². The molecule has 0 aliphatic heterocycles. The molecule has 6 nitrogen and oxygen atoms in total. The van der Waals surface area contributed by atoms with Crippen LogP contribution in [0.4, 0.5) is 0 Å². The molecule has 0 unspecified atom stereocenters. The zero-order valence-electron chi connectivity index (χ0n) is 11.7. The van der Waals surface area contributed by atoms with Gasteiger partial charge in [-0.25, -0.2) is 0 Å². The number of rotatable bonds is 6. The largest absolute Gasteiger partial charge is 0.355 e. The molecule has 18 heavy (non-hydrogen) atoms. The molecule has 1 aromatic heterocycles. The van der Waals surface area contributed by atoms with Gasteiger partial charge in [0.05, 0.1) is 12.6 Å². The molecule has 0 saturated carbocycles. The minimum Gasteiger partial charge on any atom is -0.355 e. The third-order valence-electron chi connectivity index (χ3n) is 2.76. The summed E-state index contributed by atoms with van der Waals surface area (Å²) >= 11 is 0. The van der Waals surface area contributed by atoms with E-state index >= 15 is 0 Å². The first-order chi connectivity index (χ1) is 8.45. The van der Waals surface area contributed by atoms with Crippen LogP contribution >= 0.6 is 0 Å². The summed E-state index contributed by atoms with van der Waals surface area (Å²) < 4.78 is 5.22. The lowest BCUT2D eigenvalue weighted by atomic mass is 10.2. The van der Waals surface area contributed by atoms with Gasteiger partial charge in [0.15, 0.2) is 5.82 Å². The van der Waals surface area contributed by atoms with Gasteiger partial charge in [-0.05, 0) is 20.9 Å². The number of amides is 1. The lowest BCUT2D eigenvalue weighted by molar-refractivity contribution is -0.122. The number of aromatic nitrogens is 2. The highest BCUT2D eigenvalue weighted by Crippen LogP contribution is 2.18. The molecule has 1 heterocycles. The highest BCUT2D eigenvalue weighted by atomic mass is 16.5. The Morgan fingerprint density at radius 1 is 1.44 bits per heavy atom. The van der Waals surface area contributed by atoms with Gasteiger partial charge in [-0.3, -0.25) is 9.69 Å². The Bertz CT molecular complexity index is 389. The zero-order valence-corrected chi connectivity index (χ0v) is 11.7. The van der Waals surface area contributed by atoms with E-state index < -0.39 is 0 Å². The van der Waals surface area contributed by atoms with Crippen LogP contribution in [0.15, 0.2) is 4.52 Å². The van der Waals surface area contributed by atoms with Crippen molar-refractivity contribution in [1.29, 1.82) is 0 Å². The third kappa shape index (κ3) is 3.80. The molecule has 1 N–H and O–H groups in total. The predicted octanol–water partition coefficient (Wildman–Crippen LogP) is 1.32. The molecule has 1 aromatic rings. The fraction of sp³-hybridized carbons (Fsp3) is 0.750. The lowest BCUT2D eigenvalue weighted by Crippen LogP contribution is -2.36. The molecule has 0 spiro atoms. The van der Waals surface area contributed by atoms with E-state index in [1.165, 1.54) is 0 Å². The van der Waals surface area contributed by atoms with Crippen molar-refractivity contribution in [2.24, 2.45) is 0 Å². The maximum Gasteiger partial charge on any atom is 0.243 e. The van der Waals surface area contributed by atoms with Crippen molar-refractivity contribution in [3.8, 4) is 0 Å². The Morgan fingerprint density at radius 3 is 2.61 bits per heavy atom. The van der Waals surface area contributed by atoms with Crippen molar-refractivity contribution in [2.45, 2.75) is 39.7 Å². The summed E-state index contributed by atoms with van der Waals surface area (Å²) in [6.07, 6.45) is 0. The summed E-state index contributed by atoms with van der Waals surface area (Å²) in [5.74, 6) is 1.48. The van der Waals surface area contributed by atoms with Crippen LogP contribution in [0, 0.1) is 0 Å². The second kappa shape index (κ2) is 6.49. The van der Waals surface area contributed by atoms with E-state index in [9.17, 15) is 4.79 Å². The van der Waals surface area contributed by atoms with Gasteiger partial charge in [0.2, 0.25) is 11.8 Å². The molecule has 0 aromatic carbocycles. The van der Waals surface area contributed by atoms with Gasteiger partial charge < -0.3 is 9.84 Å². The Balaban J connectivity index is 2.61. The first kappa shape index (κ1) is 14.6. The van der Waals surface area contributed by atoms with E-state index in [2.05, 4.69) is 15.5 Å². The van der Waals surface area contributed by atoms with Crippen LogP contribution in [0.2, 0.25) is 0 Å². The summed E-state index contributed by atoms with van der Waals surface area (Å²) in [4.78, 5) is 17.7. The van der Waals surface area contributed by atoms with Crippen molar-refractivity contribution < 1.29 is 9.32 Å². The van der Waals surface area contributed by atoms with Gasteiger partial charge in [0.1, 0.15) is 0 Å². The van der Waals surface area contributed by atoms with Gasteiger partial charge in [0.25, 0.3) is 0 Å². The first-order valence-electron chi connectivity index (χ1n) is 6.26. The second-order valence-corrected chi connectivity index (χ2v) is 4.69. The number of hydrogen-bond acceptors (Lipinski definition) is 5. The van der Waals surface area contributed by atoms with Gasteiger partial charge in [0, 0.05) is 12.5 Å². The smallest absolute Gasteiger partial charge is 0.243 e. The standard InChI is InChI=1S/C12H22N4O2/c1-6-13-10(17)7-16(5)9(4)12-14-11(8(2)3)15-18-12/h8-9H,6-7H2,1-5H3,(H,13,17)/t9-/m0/s1. The van der Waals surface area contributed by atoms with E-state index in [0.29, 0.717) is 24.8 Å². The number of carbonyl (C=O) groups is 1. The SMILES string of the molecule is CCNC(=O)CN(C)[C@@H](C)c1nc(C(C)C)no1. The molecular formula is C12H22N4O2. The molecule has 0 fully saturated rings. The van der Waals surface area contributed by atoms with Crippen LogP contribution in [0.5, 0.6) is 0 Å². The minimum absolute atomic E-state index is 0.00421. The minimum atomic E-state index is -0.0763. The predicted molar refractivity (Wildman–Crippen MR) is 68.1 cm³/mol. The molecule has 1 atom stereocenters. The molecule has 102 valence electrons. The third-order valence-corrected chi connectivity index (χ3v) is 2.76. The van der Waals surface area contributed by atoms with Crippen LogP contribution in [0.25, 0.3) is 0 Å². The van der Waals surface area contributed by atoms with Gasteiger partial charge in [-0.2, -0.15) is 4.98 Å². The lowest BCUT2D eigenvalue weighted by Gasteiger charge is -2.20. The maximum absolute atomic E-state index is 11.5. The van der Waals surface area contributed by atoms with Crippen molar-refractivity contribution >= 4 is 5.91 Å². The second-order valence-electron chi connectivity index (χ2n) is 4.69. The summed E-state index contributed by atoms with van der Waals surface area (Å²) in [5, 5.41) is 6.68. The van der Waals surface area contributed by atoms with Gasteiger partial charge >= 0.3 is 0 Å². The summed E-state index contributed by atoms with van der Waals surface area (Å²) in [6.45, 7) is 8.81. The van der Waals surface area contributed by atoms with Crippen molar-refractivity contribution in [3.63, 3.8) is 0 Å². The Hall–Kier alpha value is -1.43. The van der Waals surface area contributed by atoms with E-state index in [1.54, 1.807) is 0 Å². The molecule has 0 bridgehead atoms. The molecular weight excluding hydrogens is 232 g/mol. The van der Waals surface area contributed by atoms with Crippen LogP contribution in [0.3, 0.4) is 0 Å². The highest BCUT2D eigenvalue weighted by Gasteiger charge is 2.21. The van der Waals surface area contributed by atoms with Crippen molar-refractivity contribution in [3.05, 3.63) is 11.7 Å². The number of nitrogens with zero attached hydrogens (tertiary/aromatic N) is 3. The Labute approximate surface area is 108 Å². The Morgan fingerprint density at radius 2 is 2.11 bits per heavy atom. The van der Waals surface area contributed by atoms with Gasteiger partial charge in [-0.1, -0.05) is 19.0 Å². The average Bonchev–Trinajstić information content (AvgIpc) is 2.77. The number of hydrogen-bond donors (Lipinski definition) is 1. The van der Waals surface area contributed by atoms with Crippen molar-refractivity contribution in [1.82, 2.24) is 20.4 Å². The fourth-order valence-corrected chi connectivity index (χ4v) is 1.46. The average molecular weight is 254 g/mol. The number of carbonyl (C=O) groups excluding carboxylic acids is 1. The molecule has 0 aliphatic rings. The first-order valence-corrected chi connectivity index (χ1v) is 6.26. The number of likely N-dealkylation sites (N-methyl/N-ethyl adjacent to an activating group) is 2. The van der Waals surface area contributed by atoms with E-state index in [-0.39, 0.29) is 17.9 Å². The summed E-state index contributed by atoms with van der Waals surface area (Å²) in [5.41, 5.74) is 0. The van der Waals surface area contributed by atoms with Gasteiger partial charge in [-0.15, -0.1) is 0 Å².